The molecule has 8 nitrogen and oxygen atoms in total. The van der Waals surface area contributed by atoms with Crippen LogP contribution in [0.3, 0.4) is 0 Å². The Morgan fingerprint density at radius 1 is 1.31 bits per heavy atom. The van der Waals surface area contributed by atoms with Gasteiger partial charge in [-0.25, -0.2) is 9.97 Å². The summed E-state index contributed by atoms with van der Waals surface area (Å²) in [6, 6.07) is 0. The molecule has 4 heterocycles. The van der Waals surface area contributed by atoms with Crippen LogP contribution in [-0.2, 0) is 17.8 Å². The van der Waals surface area contributed by atoms with E-state index in [2.05, 4.69) is 19.9 Å². The van der Waals surface area contributed by atoms with Gasteiger partial charge in [-0.15, -0.1) is 11.3 Å². The maximum absolute atomic E-state index is 13.2. The van der Waals surface area contributed by atoms with Gasteiger partial charge in [0.25, 0.3) is 5.91 Å². The number of aromatic nitrogens is 4. The predicted molar refractivity (Wildman–Crippen MR) is 112 cm³/mol. The third-order valence-electron chi connectivity index (χ3n) is 5.24. The average molecular weight is 417 g/mol. The molecule has 0 aliphatic carbocycles. The molecule has 0 bridgehead atoms. The lowest BCUT2D eigenvalue weighted by molar-refractivity contribution is -0.0587. The zero-order chi connectivity index (χ0) is 20.4. The van der Waals surface area contributed by atoms with Crippen molar-refractivity contribution >= 4 is 22.2 Å². The summed E-state index contributed by atoms with van der Waals surface area (Å²) in [5.41, 5.74) is 1.48. The van der Waals surface area contributed by atoms with Crippen molar-refractivity contribution in [3.63, 3.8) is 0 Å². The van der Waals surface area contributed by atoms with E-state index in [1.54, 1.807) is 11.3 Å². The lowest BCUT2D eigenvalue weighted by atomic mass is 10.2. The average Bonchev–Trinajstić information content (AvgIpc) is 3.37. The molecule has 29 heavy (non-hydrogen) atoms. The van der Waals surface area contributed by atoms with E-state index in [1.165, 1.54) is 0 Å². The first-order chi connectivity index (χ1) is 14.0. The van der Waals surface area contributed by atoms with Gasteiger partial charge in [-0.3, -0.25) is 9.20 Å². The Morgan fingerprint density at radius 2 is 2.10 bits per heavy atom. The molecular weight excluding hydrogens is 388 g/mol. The Hall–Kier alpha value is -2.23. The summed E-state index contributed by atoms with van der Waals surface area (Å²) in [5, 5.41) is 5.48. The summed E-state index contributed by atoms with van der Waals surface area (Å²) in [6.07, 6.45) is 6.89. The highest BCUT2D eigenvalue weighted by Gasteiger charge is 2.30. The quantitative estimate of drug-likeness (QED) is 0.598. The van der Waals surface area contributed by atoms with Gasteiger partial charge in [0.2, 0.25) is 0 Å². The fraction of sp³-hybridized carbons (Fsp3) is 0.550. The van der Waals surface area contributed by atoms with Crippen LogP contribution in [0.5, 0.6) is 0 Å². The van der Waals surface area contributed by atoms with Gasteiger partial charge in [0.05, 0.1) is 17.9 Å². The van der Waals surface area contributed by atoms with E-state index in [-0.39, 0.29) is 18.1 Å². The molecule has 0 saturated carbocycles. The Balaban J connectivity index is 1.42. The first-order valence-corrected chi connectivity index (χ1v) is 11.0. The van der Waals surface area contributed by atoms with Gasteiger partial charge in [-0.1, -0.05) is 0 Å². The number of rotatable bonds is 7. The molecule has 2 atom stereocenters. The summed E-state index contributed by atoms with van der Waals surface area (Å²) >= 11 is 1.55. The SMILES string of the molecule is Cc1nccn1CCCNCc1c(C(=O)N2C[C@@H](C)O[C@@H](C)C2)nc2sccn12. The third-order valence-corrected chi connectivity index (χ3v) is 6.00. The second-order valence-electron chi connectivity index (χ2n) is 7.63. The number of imidazole rings is 2. The second-order valence-corrected chi connectivity index (χ2v) is 8.50. The third kappa shape index (κ3) is 4.36. The zero-order valence-corrected chi connectivity index (χ0v) is 18.0. The second kappa shape index (κ2) is 8.64. The summed E-state index contributed by atoms with van der Waals surface area (Å²) < 4.78 is 9.94. The summed E-state index contributed by atoms with van der Waals surface area (Å²) in [4.78, 5) is 24.8. The standard InChI is InChI=1S/C20H28N6O2S/c1-14-12-25(13-15(2)28-14)19(27)18-17(26-9-10-29-20(26)23-18)11-21-5-4-7-24-8-6-22-16(24)3/h6,8-10,14-15,21H,4-5,7,11-13H2,1-3H3/t14-,15+. The van der Waals surface area contributed by atoms with Gasteiger partial charge >= 0.3 is 0 Å². The van der Waals surface area contributed by atoms with E-state index < -0.39 is 0 Å². The van der Waals surface area contributed by atoms with Crippen LogP contribution in [-0.4, -0.2) is 61.6 Å². The molecule has 1 amide bonds. The van der Waals surface area contributed by atoms with Crippen LogP contribution >= 0.6 is 11.3 Å². The number of carbonyl (C=O) groups excluding carboxylic acids is 1. The molecule has 3 aromatic rings. The van der Waals surface area contributed by atoms with E-state index in [9.17, 15) is 4.79 Å². The van der Waals surface area contributed by atoms with Crippen molar-refractivity contribution < 1.29 is 9.53 Å². The highest BCUT2D eigenvalue weighted by atomic mass is 32.1. The fourth-order valence-corrected chi connectivity index (χ4v) is 4.62. The summed E-state index contributed by atoms with van der Waals surface area (Å²) in [5.74, 6) is 1.02. The minimum absolute atomic E-state index is 0.00580. The number of hydrogen-bond donors (Lipinski definition) is 1. The smallest absolute Gasteiger partial charge is 0.274 e. The number of fused-ring (bicyclic) bond motifs is 1. The van der Waals surface area contributed by atoms with E-state index >= 15 is 0 Å². The molecule has 4 rings (SSSR count). The lowest BCUT2D eigenvalue weighted by Crippen LogP contribution is -2.48. The van der Waals surface area contributed by atoms with Crippen LogP contribution < -0.4 is 5.32 Å². The highest BCUT2D eigenvalue weighted by Crippen LogP contribution is 2.21. The molecule has 9 heteroatoms. The van der Waals surface area contributed by atoms with E-state index in [0.29, 0.717) is 25.3 Å². The monoisotopic (exact) mass is 416 g/mol. The molecule has 0 spiro atoms. The van der Waals surface area contributed by atoms with Crippen molar-refractivity contribution in [2.75, 3.05) is 19.6 Å². The van der Waals surface area contributed by atoms with Crippen LogP contribution in [0, 0.1) is 6.92 Å². The van der Waals surface area contributed by atoms with Crippen molar-refractivity contribution in [2.24, 2.45) is 0 Å². The fourth-order valence-electron chi connectivity index (χ4n) is 3.89. The van der Waals surface area contributed by atoms with Crippen LogP contribution in [0.25, 0.3) is 4.96 Å². The number of carbonyl (C=O) groups is 1. The normalized spacial score (nSPS) is 19.9. The largest absolute Gasteiger partial charge is 0.372 e. The molecule has 1 fully saturated rings. The predicted octanol–water partition coefficient (Wildman–Crippen LogP) is 2.33. The molecule has 1 aliphatic rings. The van der Waals surface area contributed by atoms with Crippen LogP contribution in [0.1, 0.15) is 42.3 Å². The lowest BCUT2D eigenvalue weighted by Gasteiger charge is -2.35. The molecule has 1 N–H and O–H groups in total. The minimum atomic E-state index is -0.00580. The molecular formula is C20H28N6O2S. The van der Waals surface area contributed by atoms with Crippen molar-refractivity contribution in [1.29, 1.82) is 0 Å². The topological polar surface area (TPSA) is 76.7 Å². The van der Waals surface area contributed by atoms with Crippen LogP contribution in [0.4, 0.5) is 0 Å². The number of nitrogens with zero attached hydrogens (tertiary/aromatic N) is 5. The van der Waals surface area contributed by atoms with E-state index in [0.717, 1.165) is 36.0 Å². The summed E-state index contributed by atoms with van der Waals surface area (Å²) in [7, 11) is 0. The van der Waals surface area contributed by atoms with Gasteiger partial charge < -0.3 is 19.5 Å². The van der Waals surface area contributed by atoms with E-state index in [4.69, 9.17) is 4.74 Å². The molecule has 0 unspecified atom stereocenters. The summed E-state index contributed by atoms with van der Waals surface area (Å²) in [6.45, 7) is 9.62. The molecule has 0 radical (unpaired) electrons. The van der Waals surface area contributed by atoms with E-state index in [1.807, 2.05) is 54.0 Å². The van der Waals surface area contributed by atoms with Crippen LogP contribution in [0.2, 0.25) is 0 Å². The number of hydrogen-bond acceptors (Lipinski definition) is 6. The van der Waals surface area contributed by atoms with Gasteiger partial charge in [0.1, 0.15) is 5.82 Å². The van der Waals surface area contributed by atoms with Crippen molar-refractivity contribution in [3.05, 3.63) is 41.2 Å². The first-order valence-electron chi connectivity index (χ1n) is 10.1. The van der Waals surface area contributed by atoms with Gasteiger partial charge in [0, 0.05) is 50.1 Å². The van der Waals surface area contributed by atoms with Crippen molar-refractivity contribution in [3.8, 4) is 0 Å². The molecule has 156 valence electrons. The van der Waals surface area contributed by atoms with Crippen LogP contribution in [0.15, 0.2) is 24.0 Å². The highest BCUT2D eigenvalue weighted by molar-refractivity contribution is 7.15. The maximum atomic E-state index is 13.2. The molecule has 3 aromatic heterocycles. The Bertz CT molecular complexity index is 967. The number of amides is 1. The Labute approximate surface area is 174 Å². The van der Waals surface area contributed by atoms with Crippen molar-refractivity contribution in [1.82, 2.24) is 29.2 Å². The number of aryl methyl sites for hydroxylation is 2. The van der Waals surface area contributed by atoms with Gasteiger partial charge in [-0.2, -0.15) is 0 Å². The Kier molecular flexibility index (Phi) is 5.98. The first kappa shape index (κ1) is 20.1. The number of ether oxygens (including phenoxy) is 1. The number of morpholine rings is 1. The van der Waals surface area contributed by atoms with Gasteiger partial charge in [-0.05, 0) is 33.7 Å². The Morgan fingerprint density at radius 3 is 2.83 bits per heavy atom. The number of thiazole rings is 1. The number of nitrogens with one attached hydrogen (secondary N) is 1. The maximum Gasteiger partial charge on any atom is 0.274 e. The van der Waals surface area contributed by atoms with Crippen molar-refractivity contribution in [2.45, 2.75) is 52.5 Å². The molecule has 0 aromatic carbocycles. The molecule has 1 aliphatic heterocycles. The van der Waals surface area contributed by atoms with Gasteiger partial charge in [0.15, 0.2) is 10.7 Å². The zero-order valence-electron chi connectivity index (χ0n) is 17.2. The molecule has 1 saturated heterocycles. The minimum Gasteiger partial charge on any atom is -0.372 e.